The highest BCUT2D eigenvalue weighted by Gasteiger charge is 2.17. The fourth-order valence-corrected chi connectivity index (χ4v) is 2.65. The van der Waals surface area contributed by atoms with Crippen molar-refractivity contribution in [1.29, 1.82) is 0 Å². The molecule has 0 amide bonds. The van der Waals surface area contributed by atoms with E-state index in [2.05, 4.69) is 68.0 Å². The molecule has 0 aromatic heterocycles. The van der Waals surface area contributed by atoms with Gasteiger partial charge in [-0.05, 0) is 63.3 Å². The monoisotopic (exact) mass is 345 g/mol. The van der Waals surface area contributed by atoms with Gasteiger partial charge in [0.25, 0.3) is 0 Å². The highest BCUT2D eigenvalue weighted by atomic mass is 79.9. The third kappa shape index (κ3) is 6.29. The molecule has 1 nitrogen and oxygen atoms in total. The molecule has 1 aromatic rings. The van der Waals surface area contributed by atoms with E-state index in [1.54, 1.807) is 0 Å². The van der Waals surface area contributed by atoms with Crippen molar-refractivity contribution in [2.24, 2.45) is 11.8 Å². The summed E-state index contributed by atoms with van der Waals surface area (Å²) in [4.78, 5) is 0. The lowest BCUT2D eigenvalue weighted by atomic mass is 9.89. The van der Waals surface area contributed by atoms with Crippen LogP contribution in [0.1, 0.15) is 40.2 Å². The normalized spacial score (nSPS) is 15.3. The van der Waals surface area contributed by atoms with E-state index in [4.69, 9.17) is 11.6 Å². The zero-order valence-corrected chi connectivity index (χ0v) is 14.9. The molecule has 0 saturated heterocycles. The Hall–Kier alpha value is -0.0500. The summed E-state index contributed by atoms with van der Waals surface area (Å²) in [5.41, 5.74) is 1.42. The van der Waals surface area contributed by atoms with Crippen LogP contribution in [0.2, 0.25) is 5.02 Å². The fraction of sp³-hybridized carbons (Fsp3) is 0.625. The van der Waals surface area contributed by atoms with E-state index in [9.17, 15) is 0 Å². The van der Waals surface area contributed by atoms with Gasteiger partial charge in [-0.25, -0.2) is 0 Å². The second-order valence-electron chi connectivity index (χ2n) is 6.53. The van der Waals surface area contributed by atoms with Gasteiger partial charge in [0.1, 0.15) is 0 Å². The SMILES string of the molecule is CC(CNC(C)(C)C)C(C)Cc1ccc(Br)cc1Cl. The molecule has 0 aliphatic heterocycles. The van der Waals surface area contributed by atoms with Crippen LogP contribution in [-0.2, 0) is 6.42 Å². The zero-order chi connectivity index (χ0) is 14.6. The van der Waals surface area contributed by atoms with Crippen molar-refractivity contribution < 1.29 is 0 Å². The molecule has 3 heteroatoms. The van der Waals surface area contributed by atoms with Crippen LogP contribution < -0.4 is 5.32 Å². The van der Waals surface area contributed by atoms with E-state index in [-0.39, 0.29) is 5.54 Å². The number of hydrogen-bond donors (Lipinski definition) is 1. The molecule has 0 saturated carbocycles. The quantitative estimate of drug-likeness (QED) is 0.762. The Labute approximate surface area is 131 Å². The highest BCUT2D eigenvalue weighted by molar-refractivity contribution is 9.10. The summed E-state index contributed by atoms with van der Waals surface area (Å²) in [7, 11) is 0. The van der Waals surface area contributed by atoms with Crippen molar-refractivity contribution in [1.82, 2.24) is 5.32 Å². The van der Waals surface area contributed by atoms with E-state index < -0.39 is 0 Å². The fourth-order valence-electron chi connectivity index (χ4n) is 1.90. The minimum absolute atomic E-state index is 0.184. The van der Waals surface area contributed by atoms with Gasteiger partial charge in [0, 0.05) is 15.0 Å². The summed E-state index contributed by atoms with van der Waals surface area (Å²) in [6, 6.07) is 6.15. The molecular weight excluding hydrogens is 322 g/mol. The number of nitrogens with one attached hydrogen (secondary N) is 1. The lowest BCUT2D eigenvalue weighted by Crippen LogP contribution is -2.40. The minimum Gasteiger partial charge on any atom is -0.312 e. The van der Waals surface area contributed by atoms with Gasteiger partial charge in [-0.3, -0.25) is 0 Å². The van der Waals surface area contributed by atoms with E-state index in [0.717, 1.165) is 22.5 Å². The Morgan fingerprint density at radius 3 is 2.37 bits per heavy atom. The molecule has 0 spiro atoms. The summed E-state index contributed by atoms with van der Waals surface area (Å²) in [6.45, 7) is 12.3. The second kappa shape index (κ2) is 7.10. The lowest BCUT2D eigenvalue weighted by Gasteiger charge is -2.27. The standard InChI is InChI=1S/C16H25BrClN/c1-11(12(2)10-19-16(3,4)5)8-13-6-7-14(17)9-15(13)18/h6-7,9,11-12,19H,8,10H2,1-5H3. The summed E-state index contributed by atoms with van der Waals surface area (Å²) in [5, 5.41) is 4.43. The van der Waals surface area contributed by atoms with Crippen LogP contribution >= 0.6 is 27.5 Å². The van der Waals surface area contributed by atoms with E-state index in [1.807, 2.05) is 6.07 Å². The molecule has 108 valence electrons. The molecule has 19 heavy (non-hydrogen) atoms. The first kappa shape index (κ1) is 17.0. The van der Waals surface area contributed by atoms with Crippen molar-refractivity contribution in [2.45, 2.75) is 46.6 Å². The van der Waals surface area contributed by atoms with E-state index in [0.29, 0.717) is 11.8 Å². The predicted molar refractivity (Wildman–Crippen MR) is 88.9 cm³/mol. The molecule has 0 aliphatic rings. The number of rotatable bonds is 5. The first-order valence-corrected chi connectivity index (χ1v) is 8.05. The van der Waals surface area contributed by atoms with Crippen LogP contribution in [0.5, 0.6) is 0 Å². The van der Waals surface area contributed by atoms with Crippen LogP contribution in [0.15, 0.2) is 22.7 Å². The average molecular weight is 347 g/mol. The largest absolute Gasteiger partial charge is 0.312 e. The third-order valence-electron chi connectivity index (χ3n) is 3.48. The maximum atomic E-state index is 6.28. The zero-order valence-electron chi connectivity index (χ0n) is 12.6. The summed E-state index contributed by atoms with van der Waals surface area (Å²) in [6.07, 6.45) is 1.03. The summed E-state index contributed by atoms with van der Waals surface area (Å²) in [5.74, 6) is 1.23. The van der Waals surface area contributed by atoms with E-state index in [1.165, 1.54) is 5.56 Å². The molecule has 0 fully saturated rings. The molecule has 1 aromatic carbocycles. The Kier molecular flexibility index (Phi) is 6.35. The Morgan fingerprint density at radius 2 is 1.84 bits per heavy atom. The maximum absolute atomic E-state index is 6.28. The predicted octanol–water partition coefficient (Wildman–Crippen LogP) is 5.31. The van der Waals surface area contributed by atoms with E-state index >= 15 is 0 Å². The molecule has 0 heterocycles. The van der Waals surface area contributed by atoms with Crippen LogP contribution in [0.3, 0.4) is 0 Å². The molecule has 0 radical (unpaired) electrons. The van der Waals surface area contributed by atoms with Crippen LogP contribution in [0.4, 0.5) is 0 Å². The van der Waals surface area contributed by atoms with Gasteiger partial charge in [0.2, 0.25) is 0 Å². The molecule has 0 aliphatic carbocycles. The van der Waals surface area contributed by atoms with Gasteiger partial charge in [-0.15, -0.1) is 0 Å². The number of halogens is 2. The molecule has 2 atom stereocenters. The van der Waals surface area contributed by atoms with Gasteiger partial charge in [0.05, 0.1) is 0 Å². The van der Waals surface area contributed by atoms with Gasteiger partial charge < -0.3 is 5.32 Å². The molecular formula is C16H25BrClN. The van der Waals surface area contributed by atoms with Crippen molar-refractivity contribution >= 4 is 27.5 Å². The molecule has 0 bridgehead atoms. The molecule has 1 rings (SSSR count). The van der Waals surface area contributed by atoms with Crippen LogP contribution in [-0.4, -0.2) is 12.1 Å². The summed E-state index contributed by atoms with van der Waals surface area (Å²) >= 11 is 9.73. The highest BCUT2D eigenvalue weighted by Crippen LogP contribution is 2.26. The first-order valence-electron chi connectivity index (χ1n) is 6.88. The van der Waals surface area contributed by atoms with Gasteiger partial charge in [-0.1, -0.05) is 47.4 Å². The molecule has 2 unspecified atom stereocenters. The smallest absolute Gasteiger partial charge is 0.0449 e. The Balaban J connectivity index is 2.56. The van der Waals surface area contributed by atoms with Crippen molar-refractivity contribution in [2.75, 3.05) is 6.54 Å². The number of hydrogen-bond acceptors (Lipinski definition) is 1. The summed E-state index contributed by atoms with van der Waals surface area (Å²) < 4.78 is 1.04. The van der Waals surface area contributed by atoms with Crippen molar-refractivity contribution in [3.05, 3.63) is 33.3 Å². The third-order valence-corrected chi connectivity index (χ3v) is 4.33. The second-order valence-corrected chi connectivity index (χ2v) is 7.85. The van der Waals surface area contributed by atoms with Gasteiger partial charge in [0.15, 0.2) is 0 Å². The van der Waals surface area contributed by atoms with Gasteiger partial charge >= 0.3 is 0 Å². The first-order chi connectivity index (χ1) is 8.69. The topological polar surface area (TPSA) is 12.0 Å². The van der Waals surface area contributed by atoms with Crippen LogP contribution in [0, 0.1) is 11.8 Å². The van der Waals surface area contributed by atoms with Crippen molar-refractivity contribution in [3.8, 4) is 0 Å². The lowest BCUT2D eigenvalue weighted by molar-refractivity contribution is 0.317. The van der Waals surface area contributed by atoms with Crippen molar-refractivity contribution in [3.63, 3.8) is 0 Å². The molecule has 1 N–H and O–H groups in total. The Morgan fingerprint density at radius 1 is 1.21 bits per heavy atom. The average Bonchev–Trinajstić information content (AvgIpc) is 2.28. The minimum atomic E-state index is 0.184. The number of benzene rings is 1. The Bertz CT molecular complexity index is 412. The maximum Gasteiger partial charge on any atom is 0.0449 e. The van der Waals surface area contributed by atoms with Gasteiger partial charge in [-0.2, -0.15) is 0 Å². The van der Waals surface area contributed by atoms with Crippen LogP contribution in [0.25, 0.3) is 0 Å².